The molecular weight excluding hydrogens is 491 g/mol. The lowest BCUT2D eigenvalue weighted by molar-refractivity contribution is 0.0697. The van der Waals surface area contributed by atoms with Crippen molar-refractivity contribution in [2.45, 2.75) is 33.4 Å². The molecule has 5 nitrogen and oxygen atoms in total. The Morgan fingerprint density at radius 3 is 2.31 bits per heavy atom. The number of carbonyl (C=O) groups excluding carboxylic acids is 1. The molecular formula is C33H29FN2O3. The number of carboxylic acid groups (broad SMARTS) is 1. The molecule has 0 aliphatic rings. The Labute approximate surface area is 226 Å². The fourth-order valence-corrected chi connectivity index (χ4v) is 5.00. The number of benzene rings is 4. The van der Waals surface area contributed by atoms with Gasteiger partial charge >= 0.3 is 5.97 Å². The van der Waals surface area contributed by atoms with E-state index in [4.69, 9.17) is 0 Å². The van der Waals surface area contributed by atoms with E-state index in [2.05, 4.69) is 23.7 Å². The number of nitrogens with one attached hydrogen (secondary N) is 1. The van der Waals surface area contributed by atoms with Gasteiger partial charge in [-0.3, -0.25) is 4.79 Å². The van der Waals surface area contributed by atoms with E-state index in [-0.39, 0.29) is 23.3 Å². The van der Waals surface area contributed by atoms with Crippen LogP contribution in [0.3, 0.4) is 0 Å². The van der Waals surface area contributed by atoms with E-state index >= 15 is 0 Å². The predicted octanol–water partition coefficient (Wildman–Crippen LogP) is 7.30. The second-order valence-corrected chi connectivity index (χ2v) is 9.82. The molecule has 0 saturated carbocycles. The summed E-state index contributed by atoms with van der Waals surface area (Å²) in [7, 11) is 0. The van der Waals surface area contributed by atoms with Gasteiger partial charge in [0.05, 0.1) is 11.6 Å². The largest absolute Gasteiger partial charge is 0.478 e. The topological polar surface area (TPSA) is 71.3 Å². The Morgan fingerprint density at radius 2 is 1.62 bits per heavy atom. The highest BCUT2D eigenvalue weighted by atomic mass is 19.1. The van der Waals surface area contributed by atoms with Crippen LogP contribution in [0.5, 0.6) is 0 Å². The summed E-state index contributed by atoms with van der Waals surface area (Å²) >= 11 is 0. The molecule has 0 bridgehead atoms. The number of amides is 1. The summed E-state index contributed by atoms with van der Waals surface area (Å²) in [5.74, 6) is -1.44. The number of hydrogen-bond donors (Lipinski definition) is 2. The van der Waals surface area contributed by atoms with E-state index in [9.17, 15) is 19.1 Å². The number of nitrogens with zero attached hydrogens (tertiary/aromatic N) is 1. The number of fused-ring (bicyclic) bond motifs is 1. The Bertz CT molecular complexity index is 1690. The Morgan fingerprint density at radius 1 is 0.923 bits per heavy atom. The van der Waals surface area contributed by atoms with E-state index in [1.165, 1.54) is 12.1 Å². The van der Waals surface area contributed by atoms with Gasteiger partial charge in [-0.1, -0.05) is 54.6 Å². The highest BCUT2D eigenvalue weighted by Gasteiger charge is 2.17. The van der Waals surface area contributed by atoms with Crippen LogP contribution in [0.25, 0.3) is 22.0 Å². The third-order valence-corrected chi connectivity index (χ3v) is 7.38. The van der Waals surface area contributed by atoms with Crippen LogP contribution < -0.4 is 5.32 Å². The third-order valence-electron chi connectivity index (χ3n) is 7.38. The molecule has 0 saturated heterocycles. The quantitative estimate of drug-likeness (QED) is 0.237. The van der Waals surface area contributed by atoms with Gasteiger partial charge in [-0.2, -0.15) is 0 Å². The van der Waals surface area contributed by atoms with Crippen LogP contribution in [0, 0.1) is 19.7 Å². The summed E-state index contributed by atoms with van der Waals surface area (Å²) in [4.78, 5) is 24.6. The van der Waals surface area contributed by atoms with Crippen LogP contribution in [0.4, 0.5) is 4.39 Å². The van der Waals surface area contributed by atoms with Crippen LogP contribution in [0.1, 0.15) is 56.1 Å². The molecule has 0 radical (unpaired) electrons. The van der Waals surface area contributed by atoms with Gasteiger partial charge in [0.1, 0.15) is 5.82 Å². The van der Waals surface area contributed by atoms with Crippen molar-refractivity contribution in [3.8, 4) is 11.1 Å². The number of hydrogen-bond acceptors (Lipinski definition) is 2. The summed E-state index contributed by atoms with van der Waals surface area (Å²) in [5, 5.41) is 13.5. The van der Waals surface area contributed by atoms with Crippen molar-refractivity contribution in [3.63, 3.8) is 0 Å². The first-order chi connectivity index (χ1) is 18.7. The van der Waals surface area contributed by atoms with Gasteiger partial charge in [0.2, 0.25) is 0 Å². The number of aromatic nitrogens is 1. The van der Waals surface area contributed by atoms with Crippen LogP contribution in [-0.4, -0.2) is 21.6 Å². The van der Waals surface area contributed by atoms with Crippen molar-refractivity contribution in [2.24, 2.45) is 0 Å². The second-order valence-electron chi connectivity index (χ2n) is 9.82. The maximum Gasteiger partial charge on any atom is 0.336 e. The van der Waals surface area contributed by atoms with E-state index in [1.54, 1.807) is 24.3 Å². The lowest BCUT2D eigenvalue weighted by Crippen LogP contribution is -2.26. The zero-order valence-electron chi connectivity index (χ0n) is 22.0. The lowest BCUT2D eigenvalue weighted by Gasteiger charge is -2.15. The second kappa shape index (κ2) is 10.6. The molecule has 0 aliphatic heterocycles. The maximum atomic E-state index is 13.3. The SMILES string of the molecule is Cc1c(C)n(Cc2ccc(-c3ccccc3C(=O)O)cc2)c2ccc(C(=O)NC(C)c3ccc(F)cc3)cc12. The molecule has 1 unspecified atom stereocenters. The minimum Gasteiger partial charge on any atom is -0.478 e. The molecule has 1 amide bonds. The molecule has 39 heavy (non-hydrogen) atoms. The summed E-state index contributed by atoms with van der Waals surface area (Å²) < 4.78 is 15.5. The first-order valence-electron chi connectivity index (χ1n) is 12.8. The van der Waals surface area contributed by atoms with Gasteiger partial charge in [-0.15, -0.1) is 0 Å². The van der Waals surface area contributed by atoms with Crippen LogP contribution in [-0.2, 0) is 6.54 Å². The molecule has 0 spiro atoms. The van der Waals surface area contributed by atoms with Crippen molar-refractivity contribution in [1.29, 1.82) is 0 Å². The highest BCUT2D eigenvalue weighted by molar-refractivity contribution is 5.99. The lowest BCUT2D eigenvalue weighted by atomic mass is 9.99. The Hall–Kier alpha value is -4.71. The zero-order valence-corrected chi connectivity index (χ0v) is 22.0. The molecule has 2 N–H and O–H groups in total. The summed E-state index contributed by atoms with van der Waals surface area (Å²) in [6.07, 6.45) is 0. The van der Waals surface area contributed by atoms with Crippen LogP contribution in [0.15, 0.2) is 91.0 Å². The van der Waals surface area contributed by atoms with E-state index in [0.717, 1.165) is 38.9 Å². The van der Waals surface area contributed by atoms with Gasteiger partial charge in [-0.25, -0.2) is 9.18 Å². The molecule has 5 aromatic rings. The number of carboxylic acids is 1. The minimum atomic E-state index is -0.947. The fourth-order valence-electron chi connectivity index (χ4n) is 5.00. The fraction of sp³-hybridized carbons (Fsp3) is 0.152. The van der Waals surface area contributed by atoms with Crippen molar-refractivity contribution in [3.05, 3.63) is 130 Å². The zero-order chi connectivity index (χ0) is 27.7. The minimum absolute atomic E-state index is 0.184. The van der Waals surface area contributed by atoms with Crippen LogP contribution in [0.2, 0.25) is 0 Å². The van der Waals surface area contributed by atoms with E-state index in [0.29, 0.717) is 17.7 Å². The van der Waals surface area contributed by atoms with Gasteiger partial charge in [0, 0.05) is 28.7 Å². The third kappa shape index (κ3) is 5.18. The molecule has 6 heteroatoms. The van der Waals surface area contributed by atoms with Gasteiger partial charge in [0.15, 0.2) is 0 Å². The molecule has 1 aromatic heterocycles. The van der Waals surface area contributed by atoms with Crippen molar-refractivity contribution < 1.29 is 19.1 Å². The average molecular weight is 521 g/mol. The number of carbonyl (C=O) groups is 2. The average Bonchev–Trinajstić information content (AvgIpc) is 3.18. The molecule has 5 rings (SSSR count). The van der Waals surface area contributed by atoms with Crippen molar-refractivity contribution in [2.75, 3.05) is 0 Å². The maximum absolute atomic E-state index is 13.3. The first-order valence-corrected chi connectivity index (χ1v) is 12.8. The predicted molar refractivity (Wildman–Crippen MR) is 152 cm³/mol. The molecule has 4 aromatic carbocycles. The van der Waals surface area contributed by atoms with Gasteiger partial charge < -0.3 is 15.0 Å². The Balaban J connectivity index is 1.38. The number of aromatic carboxylic acids is 1. The first kappa shape index (κ1) is 25.9. The summed E-state index contributed by atoms with van der Waals surface area (Å²) in [6.45, 7) is 6.65. The van der Waals surface area contributed by atoms with E-state index < -0.39 is 5.97 Å². The number of halogens is 1. The molecule has 196 valence electrons. The molecule has 0 fully saturated rings. The van der Waals surface area contributed by atoms with Crippen LogP contribution >= 0.6 is 0 Å². The standard InChI is InChI=1S/C33H29FN2O3/c1-20-22(3)36(19-23-8-10-25(11-9-23)28-6-4-5-7-29(28)33(38)39)31-17-14-26(18-30(20)31)32(37)35-21(2)24-12-15-27(34)16-13-24/h4-18,21H,19H2,1-3H3,(H,35,37)(H,38,39). The number of aryl methyl sites for hydroxylation is 1. The van der Waals surface area contributed by atoms with Crippen molar-refractivity contribution in [1.82, 2.24) is 9.88 Å². The summed E-state index contributed by atoms with van der Waals surface area (Å²) in [5.41, 5.74) is 7.57. The molecule has 1 atom stereocenters. The van der Waals surface area contributed by atoms with Gasteiger partial charge in [0.25, 0.3) is 5.91 Å². The monoisotopic (exact) mass is 520 g/mol. The number of rotatable bonds is 7. The smallest absolute Gasteiger partial charge is 0.336 e. The van der Waals surface area contributed by atoms with Crippen molar-refractivity contribution >= 4 is 22.8 Å². The molecule has 0 aliphatic carbocycles. The van der Waals surface area contributed by atoms with E-state index in [1.807, 2.05) is 61.5 Å². The normalized spacial score (nSPS) is 11.9. The summed E-state index contributed by atoms with van der Waals surface area (Å²) in [6, 6.07) is 26.6. The molecule has 1 heterocycles. The highest BCUT2D eigenvalue weighted by Crippen LogP contribution is 2.29. The Kier molecular flexibility index (Phi) is 7.03. The van der Waals surface area contributed by atoms with Gasteiger partial charge in [-0.05, 0) is 85.0 Å².